The van der Waals surface area contributed by atoms with Gasteiger partial charge in [-0.25, -0.2) is 4.79 Å². The van der Waals surface area contributed by atoms with Crippen molar-refractivity contribution in [2.45, 2.75) is 0 Å². The van der Waals surface area contributed by atoms with Gasteiger partial charge in [-0.15, -0.1) is 0 Å². The molecule has 76 valence electrons. The smallest absolute Gasteiger partial charge is 0.338 e. The van der Waals surface area contributed by atoms with E-state index in [2.05, 4.69) is 9.72 Å². The summed E-state index contributed by atoms with van der Waals surface area (Å²) in [4.78, 5) is 15.5. The Morgan fingerprint density at radius 2 is 2.20 bits per heavy atom. The second-order valence-corrected chi connectivity index (χ2v) is 3.02. The van der Waals surface area contributed by atoms with Crippen LogP contribution in [0.4, 0.5) is 0 Å². The first-order chi connectivity index (χ1) is 7.24. The molecule has 0 spiro atoms. The highest BCUT2D eigenvalue weighted by Crippen LogP contribution is 2.26. The number of aromatic nitrogens is 1. The molecule has 15 heavy (non-hydrogen) atoms. The number of ether oxygens (including phenoxy) is 1. The highest BCUT2D eigenvalue weighted by Gasteiger charge is 2.13. The van der Waals surface area contributed by atoms with Crippen molar-refractivity contribution < 1.29 is 14.6 Å². The average Bonchev–Trinajstić information content (AvgIpc) is 2.28. The van der Waals surface area contributed by atoms with Crippen LogP contribution in [0.25, 0.3) is 10.9 Å². The lowest BCUT2D eigenvalue weighted by Gasteiger charge is -2.05. The largest absolute Gasteiger partial charge is 0.507 e. The number of methoxy groups -OCH3 is 1. The molecule has 1 heterocycles. The minimum absolute atomic E-state index is 0.0287. The lowest BCUT2D eigenvalue weighted by molar-refractivity contribution is 0.0602. The summed E-state index contributed by atoms with van der Waals surface area (Å²) in [6, 6.07) is 6.43. The molecule has 0 fully saturated rings. The van der Waals surface area contributed by atoms with E-state index in [9.17, 15) is 9.90 Å². The number of carbonyl (C=O) groups is 1. The van der Waals surface area contributed by atoms with Crippen LogP contribution in [0.5, 0.6) is 5.75 Å². The van der Waals surface area contributed by atoms with Gasteiger partial charge in [0.15, 0.2) is 0 Å². The number of phenolic OH excluding ortho intramolecular Hbond substituents is 1. The van der Waals surface area contributed by atoms with Crippen LogP contribution in [0.1, 0.15) is 10.4 Å². The SMILES string of the molecule is COC(=O)c1ccnc2cccc(O)c12. The first-order valence-corrected chi connectivity index (χ1v) is 4.39. The third-order valence-corrected chi connectivity index (χ3v) is 2.15. The zero-order chi connectivity index (χ0) is 10.8. The highest BCUT2D eigenvalue weighted by atomic mass is 16.5. The zero-order valence-corrected chi connectivity index (χ0v) is 8.10. The normalized spacial score (nSPS) is 10.2. The van der Waals surface area contributed by atoms with Gasteiger partial charge >= 0.3 is 5.97 Å². The molecule has 0 aliphatic carbocycles. The fraction of sp³-hybridized carbons (Fsp3) is 0.0909. The summed E-state index contributed by atoms with van der Waals surface area (Å²) >= 11 is 0. The Labute approximate surface area is 86.1 Å². The predicted molar refractivity (Wildman–Crippen MR) is 54.7 cm³/mol. The fourth-order valence-corrected chi connectivity index (χ4v) is 1.47. The molecule has 2 rings (SSSR count). The third kappa shape index (κ3) is 1.50. The van der Waals surface area contributed by atoms with Crippen LogP contribution in [0.3, 0.4) is 0 Å². The van der Waals surface area contributed by atoms with Gasteiger partial charge in [0.05, 0.1) is 23.6 Å². The van der Waals surface area contributed by atoms with Gasteiger partial charge in [0.25, 0.3) is 0 Å². The topological polar surface area (TPSA) is 59.4 Å². The Bertz CT molecular complexity index is 517. The maximum atomic E-state index is 11.4. The van der Waals surface area contributed by atoms with E-state index in [0.29, 0.717) is 16.5 Å². The van der Waals surface area contributed by atoms with Gasteiger partial charge in [0.1, 0.15) is 5.75 Å². The van der Waals surface area contributed by atoms with Crippen LogP contribution in [0, 0.1) is 0 Å². The van der Waals surface area contributed by atoms with Crippen molar-refractivity contribution in [2.24, 2.45) is 0 Å². The lowest BCUT2D eigenvalue weighted by atomic mass is 10.1. The Morgan fingerprint density at radius 1 is 1.40 bits per heavy atom. The van der Waals surface area contributed by atoms with Gasteiger partial charge < -0.3 is 9.84 Å². The minimum Gasteiger partial charge on any atom is -0.507 e. The molecule has 0 atom stereocenters. The third-order valence-electron chi connectivity index (χ3n) is 2.15. The molecule has 1 N–H and O–H groups in total. The van der Waals surface area contributed by atoms with E-state index < -0.39 is 5.97 Å². The van der Waals surface area contributed by atoms with Crippen molar-refractivity contribution in [3.63, 3.8) is 0 Å². The van der Waals surface area contributed by atoms with Crippen LogP contribution in [-0.4, -0.2) is 23.2 Å². The standard InChI is InChI=1S/C11H9NO3/c1-15-11(14)7-5-6-12-8-3-2-4-9(13)10(7)8/h2-6,13H,1H3. The molecule has 4 heteroatoms. The van der Waals surface area contributed by atoms with Crippen LogP contribution < -0.4 is 0 Å². The molecule has 0 aliphatic rings. The molecule has 4 nitrogen and oxygen atoms in total. The number of esters is 1. The summed E-state index contributed by atoms with van der Waals surface area (Å²) in [6.07, 6.45) is 1.51. The number of carbonyl (C=O) groups excluding carboxylic acids is 1. The van der Waals surface area contributed by atoms with E-state index >= 15 is 0 Å². The Balaban J connectivity index is 2.80. The molecule has 1 aromatic carbocycles. The average molecular weight is 203 g/mol. The molecule has 0 radical (unpaired) electrons. The van der Waals surface area contributed by atoms with Crippen molar-refractivity contribution in [3.05, 3.63) is 36.0 Å². The van der Waals surface area contributed by atoms with Gasteiger partial charge in [0, 0.05) is 6.20 Å². The zero-order valence-electron chi connectivity index (χ0n) is 8.10. The predicted octanol–water partition coefficient (Wildman–Crippen LogP) is 1.73. The van der Waals surface area contributed by atoms with Crippen LogP contribution in [0.15, 0.2) is 30.5 Å². The highest BCUT2D eigenvalue weighted by molar-refractivity contribution is 6.05. The summed E-state index contributed by atoms with van der Waals surface area (Å²) in [5.74, 6) is -0.454. The Kier molecular flexibility index (Phi) is 2.25. The first kappa shape index (κ1) is 9.45. The van der Waals surface area contributed by atoms with Gasteiger partial charge in [-0.1, -0.05) is 6.07 Å². The first-order valence-electron chi connectivity index (χ1n) is 4.39. The number of pyridine rings is 1. The molecule has 0 unspecified atom stereocenters. The summed E-state index contributed by atoms with van der Waals surface area (Å²) in [5.41, 5.74) is 0.888. The summed E-state index contributed by atoms with van der Waals surface area (Å²) in [7, 11) is 1.30. The number of hydrogen-bond acceptors (Lipinski definition) is 4. The number of aromatic hydroxyl groups is 1. The molecule has 1 aromatic heterocycles. The molecule has 0 saturated carbocycles. The lowest BCUT2D eigenvalue weighted by Crippen LogP contribution is -2.02. The van der Waals surface area contributed by atoms with E-state index in [4.69, 9.17) is 0 Å². The second-order valence-electron chi connectivity index (χ2n) is 3.02. The van der Waals surface area contributed by atoms with Crippen LogP contribution >= 0.6 is 0 Å². The summed E-state index contributed by atoms with van der Waals surface area (Å²) < 4.78 is 4.62. The van der Waals surface area contributed by atoms with E-state index in [0.717, 1.165) is 0 Å². The van der Waals surface area contributed by atoms with Crippen molar-refractivity contribution in [1.29, 1.82) is 0 Å². The minimum atomic E-state index is -0.482. The number of nitrogens with zero attached hydrogens (tertiary/aromatic N) is 1. The molecule has 2 aromatic rings. The van der Waals surface area contributed by atoms with E-state index in [1.165, 1.54) is 25.4 Å². The summed E-state index contributed by atoms with van der Waals surface area (Å²) in [5, 5.41) is 10.1. The number of rotatable bonds is 1. The van der Waals surface area contributed by atoms with E-state index in [1.54, 1.807) is 12.1 Å². The summed E-state index contributed by atoms with van der Waals surface area (Å²) in [6.45, 7) is 0. The molecule has 0 aliphatic heterocycles. The van der Waals surface area contributed by atoms with Crippen LogP contribution in [-0.2, 0) is 4.74 Å². The quantitative estimate of drug-likeness (QED) is 0.717. The van der Waals surface area contributed by atoms with Crippen molar-refractivity contribution in [3.8, 4) is 5.75 Å². The molecular weight excluding hydrogens is 194 g/mol. The van der Waals surface area contributed by atoms with Gasteiger partial charge in [-0.3, -0.25) is 4.98 Å². The van der Waals surface area contributed by atoms with Gasteiger partial charge in [0.2, 0.25) is 0 Å². The van der Waals surface area contributed by atoms with E-state index in [1.807, 2.05) is 0 Å². The van der Waals surface area contributed by atoms with Crippen LogP contribution in [0.2, 0.25) is 0 Å². The number of phenols is 1. The monoisotopic (exact) mass is 203 g/mol. The number of fused-ring (bicyclic) bond motifs is 1. The maximum Gasteiger partial charge on any atom is 0.338 e. The molecular formula is C11H9NO3. The van der Waals surface area contributed by atoms with Crippen molar-refractivity contribution in [1.82, 2.24) is 4.98 Å². The van der Waals surface area contributed by atoms with E-state index in [-0.39, 0.29) is 5.75 Å². The van der Waals surface area contributed by atoms with Crippen molar-refractivity contribution >= 4 is 16.9 Å². The maximum absolute atomic E-state index is 11.4. The van der Waals surface area contributed by atoms with Gasteiger partial charge in [-0.2, -0.15) is 0 Å². The second kappa shape index (κ2) is 3.57. The Morgan fingerprint density at radius 3 is 2.93 bits per heavy atom. The molecule has 0 bridgehead atoms. The van der Waals surface area contributed by atoms with Crippen molar-refractivity contribution in [2.75, 3.05) is 7.11 Å². The Hall–Kier alpha value is -2.10. The number of benzene rings is 1. The number of hydrogen-bond donors (Lipinski definition) is 1. The fourth-order valence-electron chi connectivity index (χ4n) is 1.47. The molecule has 0 amide bonds. The molecule has 0 saturated heterocycles. The van der Waals surface area contributed by atoms with Gasteiger partial charge in [-0.05, 0) is 18.2 Å².